The second-order valence-corrected chi connectivity index (χ2v) is 10.4. The highest BCUT2D eigenvalue weighted by Gasteiger charge is 2.28. The molecule has 1 aromatic heterocycles. The number of thiazole rings is 1. The highest BCUT2D eigenvalue weighted by molar-refractivity contribution is 7.93. The average molecular weight is 481 g/mol. The molecule has 2 aromatic carbocycles. The van der Waals surface area contributed by atoms with Crippen molar-refractivity contribution in [3.8, 4) is 0 Å². The van der Waals surface area contributed by atoms with E-state index >= 15 is 4.39 Å². The van der Waals surface area contributed by atoms with Crippen LogP contribution in [-0.4, -0.2) is 32.5 Å². The van der Waals surface area contributed by atoms with Gasteiger partial charge in [0.05, 0.1) is 10.7 Å². The minimum absolute atomic E-state index is 0.0411. The molecule has 1 saturated heterocycles. The Morgan fingerprint density at radius 2 is 2.19 bits per heavy atom. The van der Waals surface area contributed by atoms with Crippen LogP contribution in [0.2, 0.25) is 5.02 Å². The van der Waals surface area contributed by atoms with Gasteiger partial charge in [-0.2, -0.15) is 0 Å². The van der Waals surface area contributed by atoms with Crippen LogP contribution in [-0.2, 0) is 16.6 Å². The number of nitrogens with zero attached hydrogens (tertiary/aromatic N) is 2. The summed E-state index contributed by atoms with van der Waals surface area (Å²) in [5.41, 5.74) is 2.45. The quantitative estimate of drug-likeness (QED) is 0.524. The summed E-state index contributed by atoms with van der Waals surface area (Å²) in [6.45, 7) is 4.06. The summed E-state index contributed by atoms with van der Waals surface area (Å²) in [6.07, 6.45) is 2.33. The number of hydrogen-bond acceptors (Lipinski definition) is 6. The molecule has 0 spiro atoms. The number of anilines is 2. The first-order chi connectivity index (χ1) is 14.8. The minimum atomic E-state index is -4.07. The Morgan fingerprint density at radius 1 is 1.35 bits per heavy atom. The smallest absolute Gasteiger partial charge is 0.265 e. The molecule has 3 aromatic rings. The van der Waals surface area contributed by atoms with Gasteiger partial charge in [-0.3, -0.25) is 4.72 Å². The van der Waals surface area contributed by atoms with Crippen LogP contribution in [0.1, 0.15) is 17.5 Å². The van der Waals surface area contributed by atoms with E-state index in [1.165, 1.54) is 12.3 Å². The normalized spacial score (nSPS) is 16.4. The van der Waals surface area contributed by atoms with Gasteiger partial charge in [0.1, 0.15) is 10.7 Å². The number of nitrogens with one attached hydrogen (secondary N) is 2. The Labute approximate surface area is 190 Å². The fourth-order valence-corrected chi connectivity index (χ4v) is 6.03. The lowest BCUT2D eigenvalue weighted by Gasteiger charge is -2.31. The Kier molecular flexibility index (Phi) is 6.47. The van der Waals surface area contributed by atoms with E-state index in [0.717, 1.165) is 41.5 Å². The van der Waals surface area contributed by atoms with Gasteiger partial charge in [-0.25, -0.2) is 17.8 Å². The van der Waals surface area contributed by atoms with Crippen LogP contribution >= 0.6 is 22.9 Å². The summed E-state index contributed by atoms with van der Waals surface area (Å²) in [4.78, 5) is 5.55. The first kappa shape index (κ1) is 22.0. The topological polar surface area (TPSA) is 74.3 Å². The average Bonchev–Trinajstić information content (AvgIpc) is 3.42. The van der Waals surface area contributed by atoms with Crippen molar-refractivity contribution >= 4 is 43.8 Å². The molecule has 10 heteroatoms. The zero-order valence-corrected chi connectivity index (χ0v) is 19.2. The van der Waals surface area contributed by atoms with Crippen LogP contribution in [0.15, 0.2) is 52.9 Å². The van der Waals surface area contributed by atoms with Crippen molar-refractivity contribution in [2.24, 2.45) is 0 Å². The first-order valence-electron chi connectivity index (χ1n) is 9.78. The molecule has 4 rings (SSSR count). The molecular weight excluding hydrogens is 459 g/mol. The van der Waals surface area contributed by atoms with E-state index in [4.69, 9.17) is 11.6 Å². The number of hydrogen-bond donors (Lipinski definition) is 2. The zero-order valence-electron chi connectivity index (χ0n) is 16.8. The third kappa shape index (κ3) is 5.01. The molecule has 1 aliphatic rings. The van der Waals surface area contributed by atoms with Crippen molar-refractivity contribution in [3.05, 3.63) is 69.9 Å². The SMILES string of the molecule is Cc1cccc(CN(c2cc(Cl)c(S(=O)(=O)Nc3nccs3)cc2F)[C@H]2CCNC2)c1. The molecule has 2 heterocycles. The second-order valence-electron chi connectivity index (χ2n) is 7.44. The molecule has 31 heavy (non-hydrogen) atoms. The Morgan fingerprint density at radius 3 is 2.87 bits per heavy atom. The van der Waals surface area contributed by atoms with Gasteiger partial charge in [-0.15, -0.1) is 11.3 Å². The molecular formula is C21H22ClFN4O2S2. The maximum absolute atomic E-state index is 15.3. The van der Waals surface area contributed by atoms with Crippen molar-refractivity contribution in [2.45, 2.75) is 30.8 Å². The maximum atomic E-state index is 15.3. The maximum Gasteiger partial charge on any atom is 0.265 e. The van der Waals surface area contributed by atoms with Crippen LogP contribution in [0, 0.1) is 12.7 Å². The highest BCUT2D eigenvalue weighted by Crippen LogP contribution is 2.34. The molecule has 1 aliphatic heterocycles. The van der Waals surface area contributed by atoms with Crippen molar-refractivity contribution < 1.29 is 12.8 Å². The standard InChI is InChI=1S/C21H22ClFN4O2S2/c1-14-3-2-4-15(9-14)13-27(16-5-6-24-12-16)19-10-17(22)20(11-18(19)23)31(28,29)26-21-25-7-8-30-21/h2-4,7-11,16,24H,5-6,12-13H2,1H3,(H,25,26)/t16-/m0/s1. The van der Waals surface area contributed by atoms with Crippen molar-refractivity contribution in [3.63, 3.8) is 0 Å². The zero-order chi connectivity index (χ0) is 22.0. The van der Waals surface area contributed by atoms with E-state index in [2.05, 4.69) is 21.1 Å². The summed E-state index contributed by atoms with van der Waals surface area (Å²) in [5.74, 6) is -0.636. The van der Waals surface area contributed by atoms with Crippen LogP contribution < -0.4 is 14.9 Å². The molecule has 2 N–H and O–H groups in total. The Balaban J connectivity index is 1.69. The number of aromatic nitrogens is 1. The van der Waals surface area contributed by atoms with Crippen LogP contribution in [0.5, 0.6) is 0 Å². The molecule has 6 nitrogen and oxygen atoms in total. The third-order valence-electron chi connectivity index (χ3n) is 5.16. The van der Waals surface area contributed by atoms with Gasteiger partial charge in [0.25, 0.3) is 10.0 Å². The van der Waals surface area contributed by atoms with Crippen LogP contribution in [0.4, 0.5) is 15.2 Å². The van der Waals surface area contributed by atoms with Gasteiger partial charge in [0, 0.05) is 30.7 Å². The lowest BCUT2D eigenvalue weighted by atomic mass is 10.1. The van der Waals surface area contributed by atoms with Gasteiger partial charge in [-0.05, 0) is 37.6 Å². The van der Waals surface area contributed by atoms with E-state index in [0.29, 0.717) is 13.1 Å². The van der Waals surface area contributed by atoms with Gasteiger partial charge in [0.15, 0.2) is 5.13 Å². The second kappa shape index (κ2) is 9.12. The molecule has 0 aliphatic carbocycles. The predicted molar refractivity (Wildman–Crippen MR) is 123 cm³/mol. The predicted octanol–water partition coefficient (Wildman–Crippen LogP) is 4.41. The summed E-state index contributed by atoms with van der Waals surface area (Å²) in [7, 11) is -4.07. The number of aryl methyl sites for hydroxylation is 1. The third-order valence-corrected chi connectivity index (χ3v) is 7.79. The number of halogens is 2. The van der Waals surface area contributed by atoms with Gasteiger partial charge in [-0.1, -0.05) is 41.4 Å². The summed E-state index contributed by atoms with van der Waals surface area (Å²) >= 11 is 7.49. The van der Waals surface area contributed by atoms with Crippen LogP contribution in [0.3, 0.4) is 0 Å². The summed E-state index contributed by atoms with van der Waals surface area (Å²) < 4.78 is 43.1. The fraction of sp³-hybridized carbons (Fsp3) is 0.286. The minimum Gasteiger partial charge on any atom is -0.360 e. The van der Waals surface area contributed by atoms with Crippen LogP contribution in [0.25, 0.3) is 0 Å². The first-order valence-corrected chi connectivity index (χ1v) is 12.5. The molecule has 0 bridgehead atoms. The van der Waals surface area contributed by atoms with Gasteiger partial charge < -0.3 is 10.2 Å². The van der Waals surface area contributed by atoms with E-state index in [9.17, 15) is 8.42 Å². The molecule has 0 amide bonds. The Hall–Kier alpha value is -2.20. The monoisotopic (exact) mass is 480 g/mol. The lowest BCUT2D eigenvalue weighted by molar-refractivity contribution is 0.576. The van der Waals surface area contributed by atoms with E-state index in [-0.39, 0.29) is 26.8 Å². The lowest BCUT2D eigenvalue weighted by Crippen LogP contribution is -2.37. The van der Waals surface area contributed by atoms with Gasteiger partial charge in [0.2, 0.25) is 0 Å². The summed E-state index contributed by atoms with van der Waals surface area (Å²) in [5, 5.41) is 5.10. The number of rotatable bonds is 7. The van der Waals surface area contributed by atoms with E-state index < -0.39 is 15.8 Å². The largest absolute Gasteiger partial charge is 0.360 e. The molecule has 0 unspecified atom stereocenters. The van der Waals surface area contributed by atoms with Crippen molar-refractivity contribution in [1.82, 2.24) is 10.3 Å². The molecule has 1 atom stereocenters. The fourth-order valence-electron chi connectivity index (χ4n) is 3.71. The number of sulfonamides is 1. The molecule has 0 radical (unpaired) electrons. The van der Waals surface area contributed by atoms with Crippen molar-refractivity contribution in [1.29, 1.82) is 0 Å². The molecule has 1 fully saturated rings. The number of benzene rings is 2. The summed E-state index contributed by atoms with van der Waals surface area (Å²) in [6, 6.07) is 10.5. The highest BCUT2D eigenvalue weighted by atomic mass is 35.5. The Bertz CT molecular complexity index is 1170. The molecule has 0 saturated carbocycles. The van der Waals surface area contributed by atoms with Gasteiger partial charge >= 0.3 is 0 Å². The van der Waals surface area contributed by atoms with E-state index in [1.54, 1.807) is 5.38 Å². The van der Waals surface area contributed by atoms with Crippen molar-refractivity contribution in [2.75, 3.05) is 22.7 Å². The van der Waals surface area contributed by atoms with E-state index in [1.807, 2.05) is 30.0 Å². The molecule has 164 valence electrons.